The van der Waals surface area contributed by atoms with Crippen LogP contribution in [0.3, 0.4) is 0 Å². The molecule has 1 rings (SSSR count). The highest BCUT2D eigenvalue weighted by Gasteiger charge is 2.17. The van der Waals surface area contributed by atoms with Gasteiger partial charge in [0.05, 0.1) is 0 Å². The SMILES string of the molecule is C[C@@H]1CC=N[C@H]1C=O. The third kappa shape index (κ3) is 0.782. The van der Waals surface area contributed by atoms with Crippen LogP contribution in [0.15, 0.2) is 4.99 Å². The standard InChI is InChI=1S/C6H9NO/c1-5-2-3-7-6(5)4-8/h3-6H,2H2,1H3/t5-,6+/m1/s1. The van der Waals surface area contributed by atoms with Crippen molar-refractivity contribution in [3.05, 3.63) is 0 Å². The summed E-state index contributed by atoms with van der Waals surface area (Å²) in [5, 5.41) is 0. The van der Waals surface area contributed by atoms with Crippen LogP contribution in [0.2, 0.25) is 0 Å². The molecular weight excluding hydrogens is 102 g/mol. The van der Waals surface area contributed by atoms with Crippen molar-refractivity contribution in [2.75, 3.05) is 0 Å². The van der Waals surface area contributed by atoms with Crippen molar-refractivity contribution in [3.8, 4) is 0 Å². The Hall–Kier alpha value is -0.660. The largest absolute Gasteiger partial charge is 0.301 e. The molecule has 0 aromatic carbocycles. The van der Waals surface area contributed by atoms with Crippen molar-refractivity contribution in [1.29, 1.82) is 0 Å². The first-order valence-corrected chi connectivity index (χ1v) is 2.81. The van der Waals surface area contributed by atoms with Crippen molar-refractivity contribution in [1.82, 2.24) is 0 Å². The molecule has 0 amide bonds. The highest BCUT2D eigenvalue weighted by Crippen LogP contribution is 2.13. The van der Waals surface area contributed by atoms with Crippen molar-refractivity contribution >= 4 is 12.5 Å². The van der Waals surface area contributed by atoms with Gasteiger partial charge in [0.25, 0.3) is 0 Å². The normalized spacial score (nSPS) is 35.6. The number of hydrogen-bond donors (Lipinski definition) is 0. The summed E-state index contributed by atoms with van der Waals surface area (Å²) in [6.45, 7) is 2.03. The summed E-state index contributed by atoms with van der Waals surface area (Å²) in [5.41, 5.74) is 0. The Labute approximate surface area is 48.6 Å². The first-order chi connectivity index (χ1) is 3.84. The van der Waals surface area contributed by atoms with Gasteiger partial charge in [-0.1, -0.05) is 6.92 Å². The van der Waals surface area contributed by atoms with Gasteiger partial charge in [0.2, 0.25) is 0 Å². The molecule has 0 unspecified atom stereocenters. The van der Waals surface area contributed by atoms with Gasteiger partial charge in [0, 0.05) is 0 Å². The van der Waals surface area contributed by atoms with Crippen LogP contribution in [-0.4, -0.2) is 18.5 Å². The van der Waals surface area contributed by atoms with E-state index in [0.29, 0.717) is 5.92 Å². The molecule has 0 saturated heterocycles. The third-order valence-electron chi connectivity index (χ3n) is 1.48. The van der Waals surface area contributed by atoms with E-state index in [0.717, 1.165) is 12.7 Å². The van der Waals surface area contributed by atoms with Gasteiger partial charge in [-0.3, -0.25) is 4.99 Å². The van der Waals surface area contributed by atoms with Crippen LogP contribution in [0, 0.1) is 5.92 Å². The summed E-state index contributed by atoms with van der Waals surface area (Å²) in [6.07, 6.45) is 3.70. The number of carbonyl (C=O) groups excluding carboxylic acids is 1. The summed E-state index contributed by atoms with van der Waals surface area (Å²) in [5.74, 6) is 0.437. The Bertz CT molecular complexity index is 120. The molecule has 0 N–H and O–H groups in total. The second-order valence-electron chi connectivity index (χ2n) is 2.17. The quantitative estimate of drug-likeness (QED) is 0.457. The highest BCUT2D eigenvalue weighted by molar-refractivity contribution is 5.70. The van der Waals surface area contributed by atoms with Crippen molar-refractivity contribution in [2.24, 2.45) is 10.9 Å². The van der Waals surface area contributed by atoms with Gasteiger partial charge in [-0.05, 0) is 18.6 Å². The van der Waals surface area contributed by atoms with E-state index in [9.17, 15) is 4.79 Å². The monoisotopic (exact) mass is 111 g/mol. The van der Waals surface area contributed by atoms with Gasteiger partial charge < -0.3 is 4.79 Å². The number of nitrogens with zero attached hydrogens (tertiary/aromatic N) is 1. The fourth-order valence-corrected chi connectivity index (χ4v) is 0.804. The lowest BCUT2D eigenvalue weighted by atomic mass is 10.0. The lowest BCUT2D eigenvalue weighted by Crippen LogP contribution is -2.10. The maximum atomic E-state index is 10.1. The lowest BCUT2D eigenvalue weighted by molar-refractivity contribution is -0.109. The number of rotatable bonds is 1. The topological polar surface area (TPSA) is 29.4 Å². The molecule has 0 aliphatic carbocycles. The van der Waals surface area contributed by atoms with Gasteiger partial charge in [0.15, 0.2) is 0 Å². The molecule has 0 spiro atoms. The third-order valence-corrected chi connectivity index (χ3v) is 1.48. The molecule has 0 radical (unpaired) electrons. The molecular formula is C6H9NO. The van der Waals surface area contributed by atoms with Crippen LogP contribution in [0.25, 0.3) is 0 Å². The highest BCUT2D eigenvalue weighted by atomic mass is 16.1. The Balaban J connectivity index is 2.52. The average Bonchev–Trinajstić information content (AvgIpc) is 2.14. The maximum Gasteiger partial charge on any atom is 0.144 e. The molecule has 1 heterocycles. The number of aliphatic imine (C=N–C) groups is 1. The van der Waals surface area contributed by atoms with E-state index in [4.69, 9.17) is 0 Å². The molecule has 1 aliphatic heterocycles. The van der Waals surface area contributed by atoms with E-state index < -0.39 is 0 Å². The Kier molecular flexibility index (Phi) is 1.42. The van der Waals surface area contributed by atoms with Crippen LogP contribution < -0.4 is 0 Å². The molecule has 0 fully saturated rings. The predicted octanol–water partition coefficient (Wildman–Crippen LogP) is 0.665. The minimum atomic E-state index is -0.0463. The number of aldehydes is 1. The van der Waals surface area contributed by atoms with Crippen molar-refractivity contribution in [3.63, 3.8) is 0 Å². The van der Waals surface area contributed by atoms with Crippen molar-refractivity contribution < 1.29 is 4.79 Å². The second-order valence-corrected chi connectivity index (χ2v) is 2.17. The van der Waals surface area contributed by atoms with Crippen molar-refractivity contribution in [2.45, 2.75) is 19.4 Å². The van der Waals surface area contributed by atoms with Crippen LogP contribution >= 0.6 is 0 Å². The molecule has 0 aromatic rings. The summed E-state index contributed by atoms with van der Waals surface area (Å²) >= 11 is 0. The molecule has 2 atom stereocenters. The summed E-state index contributed by atoms with van der Waals surface area (Å²) < 4.78 is 0. The molecule has 0 saturated carbocycles. The van der Waals surface area contributed by atoms with E-state index >= 15 is 0 Å². The predicted molar refractivity (Wildman–Crippen MR) is 32.1 cm³/mol. The van der Waals surface area contributed by atoms with Gasteiger partial charge in [-0.15, -0.1) is 0 Å². The first-order valence-electron chi connectivity index (χ1n) is 2.81. The number of carbonyl (C=O) groups is 1. The van der Waals surface area contributed by atoms with Gasteiger partial charge in [-0.2, -0.15) is 0 Å². The molecule has 0 aromatic heterocycles. The fraction of sp³-hybridized carbons (Fsp3) is 0.667. The molecule has 2 heteroatoms. The Morgan fingerprint density at radius 1 is 1.88 bits per heavy atom. The van der Waals surface area contributed by atoms with E-state index in [1.54, 1.807) is 0 Å². The molecule has 8 heavy (non-hydrogen) atoms. The molecule has 2 nitrogen and oxygen atoms in total. The average molecular weight is 111 g/mol. The van der Waals surface area contributed by atoms with Gasteiger partial charge in [0.1, 0.15) is 12.3 Å². The zero-order chi connectivity index (χ0) is 5.98. The zero-order valence-corrected chi connectivity index (χ0v) is 4.87. The summed E-state index contributed by atoms with van der Waals surface area (Å²) in [7, 11) is 0. The van der Waals surface area contributed by atoms with E-state index in [1.165, 1.54) is 0 Å². The van der Waals surface area contributed by atoms with Gasteiger partial charge in [-0.25, -0.2) is 0 Å². The van der Waals surface area contributed by atoms with Crippen LogP contribution in [0.4, 0.5) is 0 Å². The molecule has 0 bridgehead atoms. The van der Waals surface area contributed by atoms with Crippen LogP contribution in [0.1, 0.15) is 13.3 Å². The smallest absolute Gasteiger partial charge is 0.144 e. The van der Waals surface area contributed by atoms with Gasteiger partial charge >= 0.3 is 0 Å². The first kappa shape index (κ1) is 5.48. The fourth-order valence-electron chi connectivity index (χ4n) is 0.804. The van der Waals surface area contributed by atoms with Crippen LogP contribution in [-0.2, 0) is 4.79 Å². The van der Waals surface area contributed by atoms with E-state index in [2.05, 4.69) is 4.99 Å². The minimum absolute atomic E-state index is 0.0463. The van der Waals surface area contributed by atoms with E-state index in [1.807, 2.05) is 13.1 Å². The number of hydrogen-bond acceptors (Lipinski definition) is 2. The minimum Gasteiger partial charge on any atom is -0.301 e. The zero-order valence-electron chi connectivity index (χ0n) is 4.87. The summed E-state index contributed by atoms with van der Waals surface area (Å²) in [6, 6.07) is -0.0463. The lowest BCUT2D eigenvalue weighted by Gasteiger charge is -2.02. The Morgan fingerprint density at radius 3 is 2.88 bits per heavy atom. The second kappa shape index (κ2) is 2.07. The summed E-state index contributed by atoms with van der Waals surface area (Å²) in [4.78, 5) is 14.0. The van der Waals surface area contributed by atoms with Crippen LogP contribution in [0.5, 0.6) is 0 Å². The van der Waals surface area contributed by atoms with E-state index in [-0.39, 0.29) is 6.04 Å². The maximum absolute atomic E-state index is 10.1. The molecule has 1 aliphatic rings. The molecule has 44 valence electrons. The Morgan fingerprint density at radius 2 is 2.62 bits per heavy atom.